The molecule has 0 aliphatic carbocycles. The number of aromatic nitrogens is 2. The molecule has 1 amide bonds. The molecule has 0 saturated heterocycles. The lowest BCUT2D eigenvalue weighted by atomic mass is 10.0. The fourth-order valence-electron chi connectivity index (χ4n) is 3.49. The third-order valence-electron chi connectivity index (χ3n) is 4.92. The Bertz CT molecular complexity index is 1080. The standard InChI is InChI=1S/C24H23N3O2/c1-17-15-18(2)27(26-17)22(23-9-6-14-29-23)16-25-24(28)21-12-10-20(11-13-21)19-7-4-3-5-8-19/h3-15,22H,16H2,1-2H3,(H,25,28). The van der Waals surface area contributed by atoms with Gasteiger partial charge in [0.2, 0.25) is 0 Å². The zero-order valence-corrected chi connectivity index (χ0v) is 16.5. The van der Waals surface area contributed by atoms with Crippen molar-refractivity contribution in [3.05, 3.63) is 102 Å². The Morgan fingerprint density at radius 2 is 1.72 bits per heavy atom. The summed E-state index contributed by atoms with van der Waals surface area (Å²) in [5, 5.41) is 7.59. The quantitative estimate of drug-likeness (QED) is 0.520. The van der Waals surface area contributed by atoms with Gasteiger partial charge in [0.15, 0.2) is 0 Å². The van der Waals surface area contributed by atoms with Crippen LogP contribution >= 0.6 is 0 Å². The van der Waals surface area contributed by atoms with Gasteiger partial charge >= 0.3 is 0 Å². The van der Waals surface area contributed by atoms with Crippen molar-refractivity contribution >= 4 is 5.91 Å². The van der Waals surface area contributed by atoms with Crippen molar-refractivity contribution in [2.45, 2.75) is 19.9 Å². The molecule has 2 heterocycles. The van der Waals surface area contributed by atoms with Gasteiger partial charge in [0, 0.05) is 17.8 Å². The van der Waals surface area contributed by atoms with Crippen LogP contribution in [-0.2, 0) is 0 Å². The molecule has 2 aromatic carbocycles. The molecule has 0 aliphatic rings. The normalized spacial score (nSPS) is 11.9. The minimum Gasteiger partial charge on any atom is -0.467 e. The number of amides is 1. The first-order valence-corrected chi connectivity index (χ1v) is 9.61. The summed E-state index contributed by atoms with van der Waals surface area (Å²) in [5.74, 6) is 0.638. The SMILES string of the molecule is Cc1cc(C)n(C(CNC(=O)c2ccc(-c3ccccc3)cc2)c2ccco2)n1. The van der Waals surface area contributed by atoms with Crippen molar-refractivity contribution in [3.8, 4) is 11.1 Å². The van der Waals surface area contributed by atoms with Gasteiger partial charge in [-0.05, 0) is 55.3 Å². The van der Waals surface area contributed by atoms with Crippen LogP contribution in [0, 0.1) is 13.8 Å². The molecule has 146 valence electrons. The van der Waals surface area contributed by atoms with Crippen LogP contribution in [0.5, 0.6) is 0 Å². The van der Waals surface area contributed by atoms with Crippen LogP contribution in [0.25, 0.3) is 11.1 Å². The third-order valence-corrected chi connectivity index (χ3v) is 4.92. The number of aryl methyl sites for hydroxylation is 2. The maximum absolute atomic E-state index is 12.7. The molecule has 1 atom stereocenters. The molecule has 0 bridgehead atoms. The van der Waals surface area contributed by atoms with Gasteiger partial charge in [0.25, 0.3) is 5.91 Å². The second kappa shape index (κ2) is 8.19. The van der Waals surface area contributed by atoms with Crippen molar-refractivity contribution in [1.29, 1.82) is 0 Å². The van der Waals surface area contributed by atoms with Crippen LogP contribution in [0.15, 0.2) is 83.5 Å². The fraction of sp³-hybridized carbons (Fsp3) is 0.167. The molecule has 0 aliphatic heterocycles. The largest absolute Gasteiger partial charge is 0.467 e. The monoisotopic (exact) mass is 385 g/mol. The van der Waals surface area contributed by atoms with Crippen molar-refractivity contribution in [2.24, 2.45) is 0 Å². The van der Waals surface area contributed by atoms with E-state index in [0.29, 0.717) is 12.1 Å². The Morgan fingerprint density at radius 1 is 1.00 bits per heavy atom. The molecular weight excluding hydrogens is 362 g/mol. The van der Waals surface area contributed by atoms with Crippen LogP contribution in [0.3, 0.4) is 0 Å². The molecule has 4 aromatic rings. The molecular formula is C24H23N3O2. The van der Waals surface area contributed by atoms with Crippen molar-refractivity contribution in [3.63, 3.8) is 0 Å². The van der Waals surface area contributed by atoms with Crippen LogP contribution in [0.4, 0.5) is 0 Å². The Morgan fingerprint density at radius 3 is 2.34 bits per heavy atom. The lowest BCUT2D eigenvalue weighted by Gasteiger charge is -2.18. The summed E-state index contributed by atoms with van der Waals surface area (Å²) in [6, 6.07) is 23.3. The van der Waals surface area contributed by atoms with E-state index in [1.54, 1.807) is 6.26 Å². The molecule has 2 aromatic heterocycles. The molecule has 0 saturated carbocycles. The summed E-state index contributed by atoms with van der Waals surface area (Å²) in [7, 11) is 0. The second-order valence-corrected chi connectivity index (χ2v) is 7.06. The lowest BCUT2D eigenvalue weighted by molar-refractivity contribution is 0.0948. The molecule has 5 heteroatoms. The second-order valence-electron chi connectivity index (χ2n) is 7.06. The van der Waals surface area contributed by atoms with E-state index in [1.165, 1.54) is 0 Å². The van der Waals surface area contributed by atoms with Crippen LogP contribution < -0.4 is 5.32 Å². The highest BCUT2D eigenvalue weighted by atomic mass is 16.3. The first kappa shape index (κ1) is 18.7. The summed E-state index contributed by atoms with van der Waals surface area (Å²) in [4.78, 5) is 12.7. The Hall–Kier alpha value is -3.60. The fourth-order valence-corrected chi connectivity index (χ4v) is 3.49. The predicted molar refractivity (Wildman–Crippen MR) is 113 cm³/mol. The number of nitrogens with zero attached hydrogens (tertiary/aromatic N) is 2. The highest BCUT2D eigenvalue weighted by Crippen LogP contribution is 2.21. The third kappa shape index (κ3) is 4.14. The van der Waals surface area contributed by atoms with Gasteiger partial charge < -0.3 is 9.73 Å². The summed E-state index contributed by atoms with van der Waals surface area (Å²) in [5.41, 5.74) is 4.78. The van der Waals surface area contributed by atoms with Crippen molar-refractivity contribution < 1.29 is 9.21 Å². The molecule has 1 unspecified atom stereocenters. The molecule has 29 heavy (non-hydrogen) atoms. The highest BCUT2D eigenvalue weighted by molar-refractivity contribution is 5.94. The smallest absolute Gasteiger partial charge is 0.251 e. The van der Waals surface area contributed by atoms with E-state index in [4.69, 9.17) is 4.42 Å². The lowest BCUT2D eigenvalue weighted by Crippen LogP contribution is -2.32. The molecule has 0 spiro atoms. The Labute approximate surface area is 170 Å². The topological polar surface area (TPSA) is 60.1 Å². The summed E-state index contributed by atoms with van der Waals surface area (Å²) in [6.45, 7) is 4.34. The number of carbonyl (C=O) groups is 1. The number of rotatable bonds is 6. The number of furan rings is 1. The molecule has 4 rings (SSSR count). The van der Waals surface area contributed by atoms with Gasteiger partial charge in [-0.3, -0.25) is 9.48 Å². The van der Waals surface area contributed by atoms with Crippen LogP contribution in [0.1, 0.15) is 33.5 Å². The van der Waals surface area contributed by atoms with Gasteiger partial charge in [0.1, 0.15) is 11.8 Å². The van der Waals surface area contributed by atoms with E-state index in [0.717, 1.165) is 28.3 Å². The van der Waals surface area contributed by atoms with Gasteiger partial charge in [-0.1, -0.05) is 42.5 Å². The first-order valence-electron chi connectivity index (χ1n) is 9.61. The molecule has 0 radical (unpaired) electrons. The predicted octanol–water partition coefficient (Wildman–Crippen LogP) is 4.78. The van der Waals surface area contributed by atoms with Crippen LogP contribution in [-0.4, -0.2) is 22.2 Å². The Kier molecular flexibility index (Phi) is 5.29. The van der Waals surface area contributed by atoms with Gasteiger partial charge in [-0.25, -0.2) is 0 Å². The summed E-state index contributed by atoms with van der Waals surface area (Å²) >= 11 is 0. The van der Waals surface area contributed by atoms with E-state index >= 15 is 0 Å². The first-order chi connectivity index (χ1) is 14.1. The number of hydrogen-bond acceptors (Lipinski definition) is 3. The number of benzene rings is 2. The molecule has 5 nitrogen and oxygen atoms in total. The van der Waals surface area contributed by atoms with E-state index in [1.807, 2.05) is 79.2 Å². The van der Waals surface area contributed by atoms with E-state index < -0.39 is 0 Å². The number of hydrogen-bond donors (Lipinski definition) is 1. The van der Waals surface area contributed by atoms with E-state index in [-0.39, 0.29) is 11.9 Å². The van der Waals surface area contributed by atoms with E-state index in [2.05, 4.69) is 22.5 Å². The minimum atomic E-state index is -0.203. The maximum atomic E-state index is 12.7. The molecule has 1 N–H and O–H groups in total. The van der Waals surface area contributed by atoms with Crippen LogP contribution in [0.2, 0.25) is 0 Å². The van der Waals surface area contributed by atoms with E-state index in [9.17, 15) is 4.79 Å². The average molecular weight is 385 g/mol. The number of carbonyl (C=O) groups excluding carboxylic acids is 1. The summed E-state index contributed by atoms with van der Waals surface area (Å²) in [6.07, 6.45) is 1.64. The van der Waals surface area contributed by atoms with Gasteiger partial charge in [-0.15, -0.1) is 0 Å². The van der Waals surface area contributed by atoms with Crippen molar-refractivity contribution in [2.75, 3.05) is 6.54 Å². The average Bonchev–Trinajstić information content (AvgIpc) is 3.39. The zero-order chi connectivity index (χ0) is 20.2. The zero-order valence-electron chi connectivity index (χ0n) is 16.5. The number of nitrogens with one attached hydrogen (secondary N) is 1. The van der Waals surface area contributed by atoms with Gasteiger partial charge in [-0.2, -0.15) is 5.10 Å². The highest BCUT2D eigenvalue weighted by Gasteiger charge is 2.21. The summed E-state index contributed by atoms with van der Waals surface area (Å²) < 4.78 is 7.50. The maximum Gasteiger partial charge on any atom is 0.251 e. The Balaban J connectivity index is 1.49. The molecule has 0 fully saturated rings. The van der Waals surface area contributed by atoms with Crippen molar-refractivity contribution in [1.82, 2.24) is 15.1 Å². The van der Waals surface area contributed by atoms with Gasteiger partial charge in [0.05, 0.1) is 12.0 Å². The minimum absolute atomic E-state index is 0.123.